The highest BCUT2D eigenvalue weighted by Gasteiger charge is 2.30. The first kappa shape index (κ1) is 11.8. The molecule has 0 spiro atoms. The fourth-order valence-corrected chi connectivity index (χ4v) is 2.96. The van der Waals surface area contributed by atoms with Gasteiger partial charge in [-0.25, -0.2) is 0 Å². The van der Waals surface area contributed by atoms with Gasteiger partial charge in [0.1, 0.15) is 0 Å². The van der Waals surface area contributed by atoms with Gasteiger partial charge in [-0.3, -0.25) is 0 Å². The lowest BCUT2D eigenvalue weighted by Gasteiger charge is -2.26. The lowest BCUT2D eigenvalue weighted by molar-refractivity contribution is 0.282. The summed E-state index contributed by atoms with van der Waals surface area (Å²) in [6.45, 7) is 1.06. The van der Waals surface area contributed by atoms with E-state index in [1.807, 2.05) is 12.1 Å². The Labute approximate surface area is 112 Å². The van der Waals surface area contributed by atoms with Crippen molar-refractivity contribution < 1.29 is 5.11 Å². The van der Waals surface area contributed by atoms with Crippen LogP contribution >= 0.6 is 11.3 Å². The monoisotopic (exact) mass is 259 g/mol. The van der Waals surface area contributed by atoms with E-state index in [9.17, 15) is 5.11 Å². The molecule has 1 aliphatic carbocycles. The molecule has 3 heteroatoms. The number of aliphatic hydroxyl groups is 1. The van der Waals surface area contributed by atoms with Crippen LogP contribution in [0.2, 0.25) is 0 Å². The highest BCUT2D eigenvalue weighted by molar-refractivity contribution is 7.07. The van der Waals surface area contributed by atoms with Crippen LogP contribution in [0.25, 0.3) is 0 Å². The summed E-state index contributed by atoms with van der Waals surface area (Å²) in [5, 5.41) is 13.8. The number of hydrogen-bond donors (Lipinski definition) is 1. The maximum atomic E-state index is 9.47. The summed E-state index contributed by atoms with van der Waals surface area (Å²) in [6.07, 6.45) is 2.54. The van der Waals surface area contributed by atoms with Crippen molar-refractivity contribution in [3.05, 3.63) is 52.2 Å². The van der Waals surface area contributed by atoms with Crippen LogP contribution in [0.15, 0.2) is 41.1 Å². The number of benzene rings is 1. The molecule has 1 N–H and O–H groups in total. The molecule has 0 radical (unpaired) electrons. The number of rotatable bonds is 5. The molecule has 0 amide bonds. The van der Waals surface area contributed by atoms with Gasteiger partial charge >= 0.3 is 0 Å². The summed E-state index contributed by atoms with van der Waals surface area (Å²) in [7, 11) is 0. The van der Waals surface area contributed by atoms with Crippen LogP contribution in [0.3, 0.4) is 0 Å². The Hall–Kier alpha value is -1.32. The third kappa shape index (κ3) is 2.42. The topological polar surface area (TPSA) is 23.5 Å². The first-order chi connectivity index (χ1) is 8.88. The van der Waals surface area contributed by atoms with Crippen molar-refractivity contribution in [2.75, 3.05) is 4.90 Å². The predicted octanol–water partition coefficient (Wildman–Crippen LogP) is 3.41. The molecule has 94 valence electrons. The average Bonchev–Trinajstić information content (AvgIpc) is 3.13. The summed E-state index contributed by atoms with van der Waals surface area (Å²) in [5.74, 6) is 0. The van der Waals surface area contributed by atoms with Crippen molar-refractivity contribution >= 4 is 17.0 Å². The molecular formula is C15H17NOS. The molecule has 0 saturated heterocycles. The molecule has 2 nitrogen and oxygen atoms in total. The van der Waals surface area contributed by atoms with E-state index in [-0.39, 0.29) is 6.61 Å². The number of thiophene rings is 1. The van der Waals surface area contributed by atoms with E-state index >= 15 is 0 Å². The second-order valence-electron chi connectivity index (χ2n) is 4.78. The van der Waals surface area contributed by atoms with Crippen molar-refractivity contribution in [1.82, 2.24) is 0 Å². The third-order valence-electron chi connectivity index (χ3n) is 3.39. The van der Waals surface area contributed by atoms with Crippen molar-refractivity contribution in [1.29, 1.82) is 0 Å². The molecule has 0 bridgehead atoms. The van der Waals surface area contributed by atoms with E-state index in [0.29, 0.717) is 6.04 Å². The van der Waals surface area contributed by atoms with E-state index < -0.39 is 0 Å². The van der Waals surface area contributed by atoms with Gasteiger partial charge in [0.15, 0.2) is 0 Å². The number of nitrogens with zero attached hydrogens (tertiary/aromatic N) is 1. The van der Waals surface area contributed by atoms with E-state index in [0.717, 1.165) is 12.1 Å². The second kappa shape index (κ2) is 5.12. The van der Waals surface area contributed by atoms with Gasteiger partial charge in [0.25, 0.3) is 0 Å². The van der Waals surface area contributed by atoms with E-state index in [1.165, 1.54) is 24.1 Å². The van der Waals surface area contributed by atoms with Gasteiger partial charge in [-0.2, -0.15) is 11.3 Å². The van der Waals surface area contributed by atoms with Crippen LogP contribution in [0.4, 0.5) is 5.69 Å². The maximum absolute atomic E-state index is 9.47. The lowest BCUT2D eigenvalue weighted by atomic mass is 10.1. The third-order valence-corrected chi connectivity index (χ3v) is 4.12. The number of aliphatic hydroxyl groups excluding tert-OH is 1. The Morgan fingerprint density at radius 3 is 2.72 bits per heavy atom. The van der Waals surface area contributed by atoms with Crippen molar-refractivity contribution in [3.63, 3.8) is 0 Å². The van der Waals surface area contributed by atoms with Crippen LogP contribution < -0.4 is 4.90 Å². The van der Waals surface area contributed by atoms with E-state index in [4.69, 9.17) is 0 Å². The zero-order chi connectivity index (χ0) is 12.4. The zero-order valence-electron chi connectivity index (χ0n) is 10.2. The van der Waals surface area contributed by atoms with Gasteiger partial charge in [0.2, 0.25) is 0 Å². The number of hydrogen-bond acceptors (Lipinski definition) is 3. The number of para-hydroxylation sites is 1. The van der Waals surface area contributed by atoms with Gasteiger partial charge < -0.3 is 10.0 Å². The van der Waals surface area contributed by atoms with Crippen LogP contribution in [0.5, 0.6) is 0 Å². The van der Waals surface area contributed by atoms with Gasteiger partial charge in [-0.1, -0.05) is 18.2 Å². The summed E-state index contributed by atoms with van der Waals surface area (Å²) in [4.78, 5) is 2.44. The highest BCUT2D eigenvalue weighted by Crippen LogP contribution is 2.35. The normalized spacial score (nSPS) is 14.7. The molecule has 1 aliphatic rings. The van der Waals surface area contributed by atoms with Gasteiger partial charge in [0, 0.05) is 23.8 Å². The van der Waals surface area contributed by atoms with Gasteiger partial charge in [0.05, 0.1) is 6.61 Å². The van der Waals surface area contributed by atoms with Crippen LogP contribution in [0, 0.1) is 0 Å². The summed E-state index contributed by atoms with van der Waals surface area (Å²) in [5.41, 5.74) is 3.58. The van der Waals surface area contributed by atoms with E-state index in [2.05, 4.69) is 33.9 Å². The largest absolute Gasteiger partial charge is 0.392 e. The highest BCUT2D eigenvalue weighted by atomic mass is 32.1. The van der Waals surface area contributed by atoms with Gasteiger partial charge in [-0.05, 0) is 41.3 Å². The minimum absolute atomic E-state index is 0.114. The van der Waals surface area contributed by atoms with Crippen LogP contribution in [-0.4, -0.2) is 11.1 Å². The quantitative estimate of drug-likeness (QED) is 0.889. The Morgan fingerprint density at radius 1 is 1.22 bits per heavy atom. The molecule has 0 atom stereocenters. The molecule has 1 aromatic heterocycles. The number of anilines is 1. The Kier molecular flexibility index (Phi) is 3.35. The summed E-state index contributed by atoms with van der Waals surface area (Å²) in [6, 6.07) is 11.0. The fourth-order valence-electron chi connectivity index (χ4n) is 2.30. The molecule has 1 saturated carbocycles. The molecule has 0 unspecified atom stereocenters. The molecule has 1 heterocycles. The standard InChI is InChI=1S/C15H17NOS/c17-10-13-3-1-2-4-15(13)16(14-5-6-14)9-12-7-8-18-11-12/h1-4,7-8,11,14,17H,5-6,9-10H2. The minimum atomic E-state index is 0.114. The Morgan fingerprint density at radius 2 is 2.06 bits per heavy atom. The van der Waals surface area contributed by atoms with Crippen molar-refractivity contribution in [2.24, 2.45) is 0 Å². The molecule has 18 heavy (non-hydrogen) atoms. The van der Waals surface area contributed by atoms with Crippen LogP contribution in [-0.2, 0) is 13.2 Å². The van der Waals surface area contributed by atoms with Crippen molar-refractivity contribution in [2.45, 2.75) is 32.0 Å². The molecule has 3 rings (SSSR count). The Balaban J connectivity index is 1.89. The molecular weight excluding hydrogens is 242 g/mol. The first-order valence-electron chi connectivity index (χ1n) is 6.35. The van der Waals surface area contributed by atoms with Crippen LogP contribution in [0.1, 0.15) is 24.0 Å². The smallest absolute Gasteiger partial charge is 0.0702 e. The fraction of sp³-hybridized carbons (Fsp3) is 0.333. The SMILES string of the molecule is OCc1ccccc1N(Cc1ccsc1)C1CC1. The second-order valence-corrected chi connectivity index (χ2v) is 5.56. The maximum Gasteiger partial charge on any atom is 0.0702 e. The Bertz CT molecular complexity index is 505. The predicted molar refractivity (Wildman–Crippen MR) is 75.9 cm³/mol. The summed E-state index contributed by atoms with van der Waals surface area (Å²) < 4.78 is 0. The summed E-state index contributed by atoms with van der Waals surface area (Å²) >= 11 is 1.74. The average molecular weight is 259 g/mol. The van der Waals surface area contributed by atoms with Crippen molar-refractivity contribution in [3.8, 4) is 0 Å². The first-order valence-corrected chi connectivity index (χ1v) is 7.29. The molecule has 1 aromatic carbocycles. The van der Waals surface area contributed by atoms with E-state index in [1.54, 1.807) is 11.3 Å². The molecule has 2 aromatic rings. The zero-order valence-corrected chi connectivity index (χ0v) is 11.1. The lowest BCUT2D eigenvalue weighted by Crippen LogP contribution is -2.25. The molecule has 1 fully saturated rings. The minimum Gasteiger partial charge on any atom is -0.392 e. The van der Waals surface area contributed by atoms with Gasteiger partial charge in [-0.15, -0.1) is 0 Å². The molecule has 0 aliphatic heterocycles.